The molecule has 0 spiro atoms. The maximum atomic E-state index is 6.49. The van der Waals surface area contributed by atoms with Crippen molar-refractivity contribution in [2.24, 2.45) is 0 Å². The molecule has 44 heavy (non-hydrogen) atoms. The largest absolute Gasteiger partial charge is 0.456 e. The Morgan fingerprint density at radius 2 is 0.818 bits per heavy atom. The maximum absolute atomic E-state index is 6.49. The van der Waals surface area contributed by atoms with E-state index >= 15 is 0 Å². The molecular formula is C40H23NO3. The van der Waals surface area contributed by atoms with E-state index in [9.17, 15) is 0 Å². The summed E-state index contributed by atoms with van der Waals surface area (Å²) in [7, 11) is 0. The smallest absolute Gasteiger partial charge is 0.137 e. The SMILES string of the molecule is c1ccc2c(c1)ccc1oc3cc(N(c4ccc5c(c4)oc4ccccc45)c4ccc5oc6ccccc6c5c4)ccc3c12. The number of hydrogen-bond donors (Lipinski definition) is 0. The van der Waals surface area contributed by atoms with Gasteiger partial charge in [-0.15, -0.1) is 0 Å². The lowest BCUT2D eigenvalue weighted by atomic mass is 10.0. The molecule has 0 atom stereocenters. The second kappa shape index (κ2) is 8.76. The Morgan fingerprint density at radius 3 is 1.61 bits per heavy atom. The van der Waals surface area contributed by atoms with E-state index in [0.717, 1.165) is 82.9 Å². The first-order valence-electron chi connectivity index (χ1n) is 14.8. The van der Waals surface area contributed by atoms with Gasteiger partial charge in [0, 0.05) is 61.5 Å². The van der Waals surface area contributed by atoms with Gasteiger partial charge in [-0.05, 0) is 71.4 Å². The number of para-hydroxylation sites is 2. The Morgan fingerprint density at radius 1 is 0.318 bits per heavy atom. The first-order chi connectivity index (χ1) is 21.8. The fourth-order valence-corrected chi connectivity index (χ4v) is 6.83. The lowest BCUT2D eigenvalue weighted by molar-refractivity contribution is 0.668. The number of nitrogens with zero attached hydrogens (tertiary/aromatic N) is 1. The molecule has 0 radical (unpaired) electrons. The van der Waals surface area contributed by atoms with Gasteiger partial charge in [0.25, 0.3) is 0 Å². The fourth-order valence-electron chi connectivity index (χ4n) is 6.83. The highest BCUT2D eigenvalue weighted by atomic mass is 16.3. The zero-order valence-corrected chi connectivity index (χ0v) is 23.5. The summed E-state index contributed by atoms with van der Waals surface area (Å²) in [6, 6.07) is 48.4. The molecule has 0 saturated heterocycles. The van der Waals surface area contributed by atoms with Gasteiger partial charge in [0.2, 0.25) is 0 Å². The third kappa shape index (κ3) is 3.33. The molecule has 7 aromatic carbocycles. The summed E-state index contributed by atoms with van der Waals surface area (Å²) in [6.45, 7) is 0. The van der Waals surface area contributed by atoms with E-state index < -0.39 is 0 Å². The Bertz CT molecular complexity index is 2740. The van der Waals surface area contributed by atoms with Crippen LogP contribution in [0.4, 0.5) is 17.1 Å². The van der Waals surface area contributed by atoms with Crippen molar-refractivity contribution < 1.29 is 13.3 Å². The van der Waals surface area contributed by atoms with E-state index in [2.05, 4.69) is 114 Å². The van der Waals surface area contributed by atoms with Gasteiger partial charge in [-0.3, -0.25) is 0 Å². The lowest BCUT2D eigenvalue weighted by Gasteiger charge is -2.25. The van der Waals surface area contributed by atoms with Crippen molar-refractivity contribution in [2.45, 2.75) is 0 Å². The Hall–Kier alpha value is -6.00. The number of rotatable bonds is 3. The Labute approximate surface area is 250 Å². The van der Waals surface area contributed by atoms with Crippen LogP contribution in [0.15, 0.2) is 153 Å². The van der Waals surface area contributed by atoms with Crippen LogP contribution in [0.25, 0.3) is 76.6 Å². The summed E-state index contributed by atoms with van der Waals surface area (Å²) >= 11 is 0. The van der Waals surface area contributed by atoms with Crippen molar-refractivity contribution in [1.82, 2.24) is 0 Å². The Kier molecular flexibility index (Phi) is 4.69. The van der Waals surface area contributed by atoms with Gasteiger partial charge in [0.1, 0.15) is 33.5 Å². The van der Waals surface area contributed by atoms with Crippen LogP contribution in [-0.4, -0.2) is 0 Å². The molecule has 0 aliphatic heterocycles. The molecule has 10 rings (SSSR count). The summed E-state index contributed by atoms with van der Waals surface area (Å²) in [5, 5.41) is 9.02. The second-order valence-corrected chi connectivity index (χ2v) is 11.3. The quantitative estimate of drug-likeness (QED) is 0.214. The molecule has 3 heterocycles. The molecular weight excluding hydrogens is 542 g/mol. The molecule has 10 aromatic rings. The standard InChI is InChI=1S/C40H23NO3/c1-2-8-28-24(7-1)13-19-37-40(28)32-18-15-27(23-39(32)44-37)41(25-16-20-36-33(21-25)30-10-4-6-12-35(30)42-36)26-14-17-31-29-9-3-5-11-34(29)43-38(31)22-26/h1-23H. The van der Waals surface area contributed by atoms with Crippen molar-refractivity contribution in [3.63, 3.8) is 0 Å². The van der Waals surface area contributed by atoms with Crippen LogP contribution >= 0.6 is 0 Å². The average molecular weight is 566 g/mol. The molecule has 0 bridgehead atoms. The Balaban J connectivity index is 1.22. The minimum atomic E-state index is 0.846. The first-order valence-corrected chi connectivity index (χ1v) is 14.8. The minimum Gasteiger partial charge on any atom is -0.456 e. The third-order valence-electron chi connectivity index (χ3n) is 8.84. The van der Waals surface area contributed by atoms with Crippen LogP contribution in [0.1, 0.15) is 0 Å². The monoisotopic (exact) mass is 565 g/mol. The summed E-state index contributed by atoms with van der Waals surface area (Å²) in [5.41, 5.74) is 8.20. The highest BCUT2D eigenvalue weighted by molar-refractivity contribution is 6.19. The van der Waals surface area contributed by atoms with Gasteiger partial charge >= 0.3 is 0 Å². The molecule has 0 aliphatic rings. The zero-order valence-electron chi connectivity index (χ0n) is 23.5. The van der Waals surface area contributed by atoms with Crippen molar-refractivity contribution in [2.75, 3.05) is 4.90 Å². The molecule has 0 saturated carbocycles. The fraction of sp³-hybridized carbons (Fsp3) is 0. The number of fused-ring (bicyclic) bond motifs is 11. The number of anilines is 3. The van der Waals surface area contributed by atoms with Gasteiger partial charge in [0.15, 0.2) is 0 Å². The van der Waals surface area contributed by atoms with E-state index in [4.69, 9.17) is 13.3 Å². The van der Waals surface area contributed by atoms with Crippen molar-refractivity contribution in [1.29, 1.82) is 0 Å². The summed E-state index contributed by atoms with van der Waals surface area (Å²) in [4.78, 5) is 2.26. The first kappa shape index (κ1) is 23.6. The van der Waals surface area contributed by atoms with Crippen molar-refractivity contribution in [3.8, 4) is 0 Å². The van der Waals surface area contributed by atoms with Crippen LogP contribution in [0.2, 0.25) is 0 Å². The molecule has 3 aromatic heterocycles. The molecule has 4 heteroatoms. The van der Waals surface area contributed by atoms with E-state index in [1.54, 1.807) is 0 Å². The zero-order chi connectivity index (χ0) is 28.8. The number of hydrogen-bond acceptors (Lipinski definition) is 4. The van der Waals surface area contributed by atoms with E-state index in [1.165, 1.54) is 10.8 Å². The van der Waals surface area contributed by atoms with Gasteiger partial charge in [-0.25, -0.2) is 0 Å². The number of furan rings is 3. The average Bonchev–Trinajstić information content (AvgIpc) is 3.75. The lowest BCUT2D eigenvalue weighted by Crippen LogP contribution is -2.09. The second-order valence-electron chi connectivity index (χ2n) is 11.3. The van der Waals surface area contributed by atoms with Crippen LogP contribution in [0.3, 0.4) is 0 Å². The molecule has 0 N–H and O–H groups in total. The highest BCUT2D eigenvalue weighted by Crippen LogP contribution is 2.43. The molecule has 0 unspecified atom stereocenters. The molecule has 206 valence electrons. The predicted octanol–water partition coefficient (Wildman–Crippen LogP) is 12.0. The third-order valence-corrected chi connectivity index (χ3v) is 8.84. The van der Waals surface area contributed by atoms with Crippen molar-refractivity contribution in [3.05, 3.63) is 140 Å². The summed E-state index contributed by atoms with van der Waals surface area (Å²) in [5.74, 6) is 0. The topological polar surface area (TPSA) is 42.7 Å². The minimum absolute atomic E-state index is 0.846. The normalized spacial score (nSPS) is 12.1. The van der Waals surface area contributed by atoms with Crippen LogP contribution < -0.4 is 4.90 Å². The summed E-state index contributed by atoms with van der Waals surface area (Å²) in [6.07, 6.45) is 0. The molecule has 4 nitrogen and oxygen atoms in total. The van der Waals surface area contributed by atoms with Crippen LogP contribution in [0.5, 0.6) is 0 Å². The predicted molar refractivity (Wildman–Crippen MR) is 180 cm³/mol. The van der Waals surface area contributed by atoms with E-state index in [0.29, 0.717) is 0 Å². The van der Waals surface area contributed by atoms with Crippen LogP contribution in [-0.2, 0) is 0 Å². The van der Waals surface area contributed by atoms with E-state index in [-0.39, 0.29) is 0 Å². The van der Waals surface area contributed by atoms with Gasteiger partial charge in [0.05, 0.1) is 0 Å². The highest BCUT2D eigenvalue weighted by Gasteiger charge is 2.19. The van der Waals surface area contributed by atoms with Crippen LogP contribution in [0, 0.1) is 0 Å². The van der Waals surface area contributed by atoms with Gasteiger partial charge < -0.3 is 18.2 Å². The number of benzene rings is 7. The van der Waals surface area contributed by atoms with Crippen molar-refractivity contribution >= 4 is 93.7 Å². The van der Waals surface area contributed by atoms with Gasteiger partial charge in [-0.1, -0.05) is 66.7 Å². The molecule has 0 amide bonds. The summed E-state index contributed by atoms with van der Waals surface area (Å²) < 4.78 is 19.0. The maximum Gasteiger partial charge on any atom is 0.137 e. The van der Waals surface area contributed by atoms with E-state index in [1.807, 2.05) is 30.3 Å². The molecule has 0 aliphatic carbocycles. The van der Waals surface area contributed by atoms with Gasteiger partial charge in [-0.2, -0.15) is 0 Å². The molecule has 0 fully saturated rings.